The number of carbonyl (C=O) groups is 2. The van der Waals surface area contributed by atoms with Crippen molar-refractivity contribution >= 4 is 22.3 Å². The highest BCUT2D eigenvalue weighted by Gasteiger charge is 2.49. The number of hydrogen-bond donors (Lipinski definition) is 1. The zero-order chi connectivity index (χ0) is 24.5. The van der Waals surface area contributed by atoms with Crippen LogP contribution in [0.2, 0.25) is 0 Å². The summed E-state index contributed by atoms with van der Waals surface area (Å²) in [6.45, 7) is 5.94. The number of carbonyl (C=O) groups excluding carboxylic acids is 2. The highest BCUT2D eigenvalue weighted by molar-refractivity contribution is 6.27. The third-order valence-corrected chi connectivity index (χ3v) is 6.97. The highest BCUT2D eigenvalue weighted by atomic mass is 16.5. The Morgan fingerprint density at radius 2 is 1.63 bits per heavy atom. The van der Waals surface area contributed by atoms with Crippen LogP contribution < -0.4 is 9.47 Å². The fourth-order valence-electron chi connectivity index (χ4n) is 5.38. The Labute approximate surface area is 203 Å². The summed E-state index contributed by atoms with van der Waals surface area (Å²) >= 11 is 0. The van der Waals surface area contributed by atoms with Crippen LogP contribution in [-0.2, 0) is 0 Å². The van der Waals surface area contributed by atoms with Crippen molar-refractivity contribution in [2.24, 2.45) is 0 Å². The number of phenolic OH excluding ortho intramolecular Hbond substituents is 1. The average Bonchev–Trinajstić information content (AvgIpc) is 2.84. The van der Waals surface area contributed by atoms with Gasteiger partial charge in [0.1, 0.15) is 11.4 Å². The molecule has 0 spiro atoms. The second-order valence-electron chi connectivity index (χ2n) is 9.79. The first-order valence-electron chi connectivity index (χ1n) is 11.7. The van der Waals surface area contributed by atoms with Crippen molar-refractivity contribution in [2.75, 3.05) is 0 Å². The number of fused-ring (bicyclic) bond motifs is 4. The van der Waals surface area contributed by atoms with Crippen molar-refractivity contribution < 1.29 is 24.2 Å². The molecule has 35 heavy (non-hydrogen) atoms. The van der Waals surface area contributed by atoms with E-state index in [1.54, 1.807) is 30.3 Å². The lowest BCUT2D eigenvalue weighted by Crippen LogP contribution is -2.41. The monoisotopic (exact) mass is 464 g/mol. The van der Waals surface area contributed by atoms with Crippen molar-refractivity contribution in [3.8, 4) is 17.2 Å². The van der Waals surface area contributed by atoms with Crippen molar-refractivity contribution in [3.63, 3.8) is 0 Å². The number of hydrogen-bond acceptors (Lipinski definition) is 5. The summed E-state index contributed by atoms with van der Waals surface area (Å²) in [5, 5.41) is 12.5. The van der Waals surface area contributed by atoms with Gasteiger partial charge < -0.3 is 14.6 Å². The number of aromatic hydroxyl groups is 1. The Balaban J connectivity index is 1.63. The summed E-state index contributed by atoms with van der Waals surface area (Å²) in [5.41, 5.74) is 1.99. The Bertz CT molecular complexity index is 1550. The number of phenols is 1. The minimum absolute atomic E-state index is 0.00789. The maximum Gasteiger partial charge on any atom is 0.229 e. The maximum atomic E-state index is 13.8. The molecule has 3 aromatic carbocycles. The van der Waals surface area contributed by atoms with Gasteiger partial charge in [0.2, 0.25) is 5.78 Å². The van der Waals surface area contributed by atoms with Gasteiger partial charge in [0.05, 0.1) is 5.57 Å². The van der Waals surface area contributed by atoms with Crippen LogP contribution in [0.5, 0.6) is 17.2 Å². The SMILES string of the molecule is CC(C)=C/C=C/[C@]1(C)CC2C3=C(Oc4c2c(c(O)c2ccccc42)O1)C(=O)c1ccccc1C3=O. The lowest BCUT2D eigenvalue weighted by Gasteiger charge is -2.43. The lowest BCUT2D eigenvalue weighted by atomic mass is 9.71. The van der Waals surface area contributed by atoms with Crippen LogP contribution in [0.1, 0.15) is 59.4 Å². The summed E-state index contributed by atoms with van der Waals surface area (Å²) < 4.78 is 12.7. The largest absolute Gasteiger partial charge is 0.504 e. The van der Waals surface area contributed by atoms with Gasteiger partial charge in [0.25, 0.3) is 0 Å². The van der Waals surface area contributed by atoms with Crippen LogP contribution in [0, 0.1) is 0 Å². The van der Waals surface area contributed by atoms with Crippen LogP contribution >= 0.6 is 0 Å². The third-order valence-electron chi connectivity index (χ3n) is 6.97. The quantitative estimate of drug-likeness (QED) is 0.443. The fourth-order valence-corrected chi connectivity index (χ4v) is 5.38. The van der Waals surface area contributed by atoms with Gasteiger partial charge in [0.15, 0.2) is 23.0 Å². The summed E-state index contributed by atoms with van der Waals surface area (Å²) in [6.07, 6.45) is 6.27. The molecule has 2 aliphatic heterocycles. The van der Waals surface area contributed by atoms with Gasteiger partial charge in [-0.1, -0.05) is 66.3 Å². The van der Waals surface area contributed by atoms with E-state index in [2.05, 4.69) is 0 Å². The van der Waals surface area contributed by atoms with E-state index in [9.17, 15) is 14.7 Å². The molecule has 5 heteroatoms. The molecule has 1 aliphatic carbocycles. The summed E-state index contributed by atoms with van der Waals surface area (Å²) in [4.78, 5) is 27.3. The molecule has 2 atom stereocenters. The second-order valence-corrected chi connectivity index (χ2v) is 9.79. The molecule has 5 nitrogen and oxygen atoms in total. The zero-order valence-electron chi connectivity index (χ0n) is 19.7. The van der Waals surface area contributed by atoms with E-state index in [1.807, 2.05) is 57.2 Å². The minimum Gasteiger partial charge on any atom is -0.504 e. The molecule has 0 radical (unpaired) electrons. The Kier molecular flexibility index (Phi) is 4.55. The fraction of sp³-hybridized carbons (Fsp3) is 0.200. The molecule has 6 rings (SSSR count). The van der Waals surface area contributed by atoms with E-state index in [0.717, 1.165) is 5.57 Å². The molecule has 0 bridgehead atoms. The number of benzene rings is 3. The first kappa shape index (κ1) is 21.4. The standard InChI is InChI=1S/C30H24O5/c1-16(2)9-8-14-30(3)15-21-22-24(31)17-10-4-5-11-18(17)25(32)28(22)34-27-20-13-7-6-12-19(20)26(33)29(35-30)23(21)27/h4-14,21,33H,15H2,1-3H3/b14-8+/t21?,30-/m1/s1. The van der Waals surface area contributed by atoms with E-state index in [4.69, 9.17) is 9.47 Å². The van der Waals surface area contributed by atoms with E-state index in [1.165, 1.54) is 0 Å². The Hall–Kier alpha value is -4.12. The molecule has 1 unspecified atom stereocenters. The zero-order valence-corrected chi connectivity index (χ0v) is 19.7. The normalized spacial score (nSPS) is 22.3. The first-order valence-corrected chi connectivity index (χ1v) is 11.7. The van der Waals surface area contributed by atoms with Gasteiger partial charge in [-0.3, -0.25) is 9.59 Å². The molecular weight excluding hydrogens is 440 g/mol. The van der Waals surface area contributed by atoms with Gasteiger partial charge in [-0.05, 0) is 26.8 Å². The molecule has 2 heterocycles. The van der Waals surface area contributed by atoms with Crippen molar-refractivity contribution in [2.45, 2.75) is 38.7 Å². The molecular formula is C30H24O5. The van der Waals surface area contributed by atoms with Crippen molar-refractivity contribution in [3.05, 3.63) is 100 Å². The molecule has 0 fully saturated rings. The number of ether oxygens (including phenoxy) is 2. The molecule has 3 aromatic rings. The summed E-state index contributed by atoms with van der Waals surface area (Å²) in [5.74, 6) is -0.147. The van der Waals surface area contributed by atoms with Gasteiger partial charge in [-0.15, -0.1) is 0 Å². The third kappa shape index (κ3) is 3.08. The first-order chi connectivity index (χ1) is 16.8. The number of rotatable bonds is 2. The maximum absolute atomic E-state index is 13.8. The van der Waals surface area contributed by atoms with E-state index >= 15 is 0 Å². The molecule has 0 saturated carbocycles. The molecule has 0 amide bonds. The molecule has 0 aromatic heterocycles. The molecule has 1 N–H and O–H groups in total. The highest BCUT2D eigenvalue weighted by Crippen LogP contribution is 2.59. The number of allylic oxidation sites excluding steroid dienone is 5. The predicted molar refractivity (Wildman–Crippen MR) is 133 cm³/mol. The molecule has 174 valence electrons. The smallest absolute Gasteiger partial charge is 0.229 e. The van der Waals surface area contributed by atoms with Crippen LogP contribution in [-0.4, -0.2) is 22.3 Å². The summed E-state index contributed by atoms with van der Waals surface area (Å²) in [6, 6.07) is 14.2. The van der Waals surface area contributed by atoms with Crippen LogP contribution in [0.15, 0.2) is 83.7 Å². The minimum atomic E-state index is -0.823. The van der Waals surface area contributed by atoms with Gasteiger partial charge >= 0.3 is 0 Å². The van der Waals surface area contributed by atoms with E-state index < -0.39 is 11.5 Å². The lowest BCUT2D eigenvalue weighted by molar-refractivity contribution is 0.0838. The average molecular weight is 465 g/mol. The van der Waals surface area contributed by atoms with Crippen molar-refractivity contribution in [1.82, 2.24) is 0 Å². The van der Waals surface area contributed by atoms with Crippen LogP contribution in [0.3, 0.4) is 0 Å². The second kappa shape index (κ2) is 7.44. The molecule has 0 saturated heterocycles. The Morgan fingerprint density at radius 1 is 0.971 bits per heavy atom. The van der Waals surface area contributed by atoms with Crippen LogP contribution in [0.4, 0.5) is 0 Å². The van der Waals surface area contributed by atoms with Gasteiger partial charge in [-0.2, -0.15) is 0 Å². The van der Waals surface area contributed by atoms with Crippen molar-refractivity contribution in [1.29, 1.82) is 0 Å². The van der Waals surface area contributed by atoms with Gasteiger partial charge in [-0.25, -0.2) is 0 Å². The number of ketones is 2. The number of Topliss-reactive ketones (excluding diaryl/α,β-unsaturated/α-hetero) is 2. The van der Waals surface area contributed by atoms with Gasteiger partial charge in [0, 0.05) is 39.8 Å². The summed E-state index contributed by atoms with van der Waals surface area (Å²) in [7, 11) is 0. The molecule has 3 aliphatic rings. The predicted octanol–water partition coefficient (Wildman–Crippen LogP) is 6.42. The van der Waals surface area contributed by atoms with E-state index in [-0.39, 0.29) is 23.1 Å². The van der Waals surface area contributed by atoms with Crippen LogP contribution in [0.25, 0.3) is 10.8 Å². The van der Waals surface area contributed by atoms with E-state index in [0.29, 0.717) is 51.0 Å². The topological polar surface area (TPSA) is 72.8 Å². The Morgan fingerprint density at radius 3 is 2.34 bits per heavy atom.